The first-order valence-corrected chi connectivity index (χ1v) is 5.46. The summed E-state index contributed by atoms with van der Waals surface area (Å²) in [5.74, 6) is 0.497. The van der Waals surface area contributed by atoms with E-state index in [0.717, 1.165) is 24.1 Å². The summed E-state index contributed by atoms with van der Waals surface area (Å²) in [6, 6.07) is 8.41. The van der Waals surface area contributed by atoms with E-state index < -0.39 is 0 Å². The minimum atomic E-state index is 0.439. The number of benzene rings is 1. The van der Waals surface area contributed by atoms with Crippen molar-refractivity contribution in [2.24, 2.45) is 10.7 Å². The lowest BCUT2D eigenvalue weighted by Gasteiger charge is -2.07. The molecule has 3 N–H and O–H groups in total. The Labute approximate surface area is 95.5 Å². The molecule has 0 amide bonds. The second kappa shape index (κ2) is 4.99. The maximum Gasteiger partial charge on any atom is 0.193 e. The maximum atomic E-state index is 5.78. The van der Waals surface area contributed by atoms with E-state index >= 15 is 0 Å². The maximum absolute atomic E-state index is 5.78. The number of anilines is 1. The Balaban J connectivity index is 1.99. The molecule has 0 aromatic heterocycles. The third kappa shape index (κ3) is 3.24. The van der Waals surface area contributed by atoms with Gasteiger partial charge in [-0.05, 0) is 30.5 Å². The summed E-state index contributed by atoms with van der Waals surface area (Å²) >= 11 is 0. The fourth-order valence-corrected chi connectivity index (χ4v) is 1.49. The van der Waals surface area contributed by atoms with Gasteiger partial charge in [-0.1, -0.05) is 12.1 Å². The van der Waals surface area contributed by atoms with Crippen LogP contribution in [-0.4, -0.2) is 19.1 Å². The Bertz CT molecular complexity index is 386. The third-order valence-electron chi connectivity index (χ3n) is 2.38. The lowest BCUT2D eigenvalue weighted by molar-refractivity contribution is 0.185. The van der Waals surface area contributed by atoms with Crippen molar-refractivity contribution in [1.82, 2.24) is 0 Å². The fraction of sp³-hybridized carbons (Fsp3) is 0.417. The highest BCUT2D eigenvalue weighted by Gasteiger charge is 2.20. The van der Waals surface area contributed by atoms with E-state index in [0.29, 0.717) is 18.6 Å². The van der Waals surface area contributed by atoms with Crippen LogP contribution in [-0.2, 0) is 11.3 Å². The van der Waals surface area contributed by atoms with Crippen molar-refractivity contribution in [3.63, 3.8) is 0 Å². The summed E-state index contributed by atoms with van der Waals surface area (Å²) in [6.07, 6.45) is 2.32. The van der Waals surface area contributed by atoms with Crippen LogP contribution in [0.15, 0.2) is 29.3 Å². The van der Waals surface area contributed by atoms with Crippen LogP contribution in [0.4, 0.5) is 5.69 Å². The van der Waals surface area contributed by atoms with Crippen molar-refractivity contribution >= 4 is 11.6 Å². The van der Waals surface area contributed by atoms with Crippen LogP contribution in [0.3, 0.4) is 0 Å². The first kappa shape index (κ1) is 11.0. The molecule has 4 nitrogen and oxygen atoms in total. The van der Waals surface area contributed by atoms with Crippen molar-refractivity contribution < 1.29 is 4.74 Å². The molecule has 0 saturated heterocycles. The molecule has 2 rings (SSSR count). The van der Waals surface area contributed by atoms with Crippen LogP contribution in [0.5, 0.6) is 0 Å². The van der Waals surface area contributed by atoms with Gasteiger partial charge in [0, 0.05) is 12.8 Å². The smallest absolute Gasteiger partial charge is 0.193 e. The Morgan fingerprint density at radius 1 is 1.56 bits per heavy atom. The van der Waals surface area contributed by atoms with Crippen LogP contribution in [0.25, 0.3) is 0 Å². The van der Waals surface area contributed by atoms with Gasteiger partial charge in [0.15, 0.2) is 5.96 Å². The largest absolute Gasteiger partial charge is 0.380 e. The Morgan fingerprint density at radius 3 is 3.06 bits per heavy atom. The molecular formula is C12H17N3O. The predicted octanol–water partition coefficient (Wildman–Crippen LogP) is 1.72. The average molecular weight is 219 g/mol. The minimum absolute atomic E-state index is 0.439. The molecule has 1 aromatic rings. The first-order valence-electron chi connectivity index (χ1n) is 5.46. The summed E-state index contributed by atoms with van der Waals surface area (Å²) in [5.41, 5.74) is 7.85. The number of rotatable bonds is 4. The van der Waals surface area contributed by atoms with Gasteiger partial charge in [-0.25, -0.2) is 4.99 Å². The van der Waals surface area contributed by atoms with E-state index in [4.69, 9.17) is 10.5 Å². The number of aliphatic imine (C=N–C) groups is 1. The zero-order valence-electron chi connectivity index (χ0n) is 9.44. The normalized spacial score (nSPS) is 16.2. The quantitative estimate of drug-likeness (QED) is 0.599. The second-order valence-electron chi connectivity index (χ2n) is 4.00. The van der Waals surface area contributed by atoms with Gasteiger partial charge in [0.2, 0.25) is 0 Å². The minimum Gasteiger partial charge on any atom is -0.380 e. The number of methoxy groups -OCH3 is 1. The number of ether oxygens (including phenoxy) is 1. The SMILES string of the molecule is COCc1cccc(NC(N)=NC2CC2)c1. The Hall–Kier alpha value is -1.55. The van der Waals surface area contributed by atoms with Crippen molar-refractivity contribution in [1.29, 1.82) is 0 Å². The molecule has 1 fully saturated rings. The van der Waals surface area contributed by atoms with Gasteiger partial charge >= 0.3 is 0 Å². The van der Waals surface area contributed by atoms with E-state index in [2.05, 4.69) is 10.3 Å². The Morgan fingerprint density at radius 2 is 2.38 bits per heavy atom. The van der Waals surface area contributed by atoms with Gasteiger partial charge in [0.25, 0.3) is 0 Å². The van der Waals surface area contributed by atoms with E-state index in [1.54, 1.807) is 7.11 Å². The van der Waals surface area contributed by atoms with Crippen LogP contribution in [0.2, 0.25) is 0 Å². The molecule has 0 aliphatic heterocycles. The second-order valence-corrected chi connectivity index (χ2v) is 4.00. The summed E-state index contributed by atoms with van der Waals surface area (Å²) < 4.78 is 5.07. The highest BCUT2D eigenvalue weighted by atomic mass is 16.5. The number of guanidine groups is 1. The lowest BCUT2D eigenvalue weighted by atomic mass is 10.2. The molecule has 1 aliphatic rings. The highest BCUT2D eigenvalue weighted by molar-refractivity contribution is 5.92. The molecule has 1 aliphatic carbocycles. The van der Waals surface area contributed by atoms with Crippen LogP contribution in [0.1, 0.15) is 18.4 Å². The molecule has 0 bridgehead atoms. The molecule has 4 heteroatoms. The van der Waals surface area contributed by atoms with Gasteiger partial charge in [0.1, 0.15) is 0 Å². The molecule has 0 radical (unpaired) electrons. The van der Waals surface area contributed by atoms with Crippen molar-refractivity contribution in [3.05, 3.63) is 29.8 Å². The number of hydrogen-bond donors (Lipinski definition) is 2. The summed E-state index contributed by atoms with van der Waals surface area (Å²) in [6.45, 7) is 0.606. The fourth-order valence-electron chi connectivity index (χ4n) is 1.49. The molecule has 1 aromatic carbocycles. The van der Waals surface area contributed by atoms with E-state index in [1.165, 1.54) is 0 Å². The average Bonchev–Trinajstić information content (AvgIpc) is 3.02. The van der Waals surface area contributed by atoms with E-state index in [-0.39, 0.29) is 0 Å². The predicted molar refractivity (Wildman–Crippen MR) is 65.4 cm³/mol. The third-order valence-corrected chi connectivity index (χ3v) is 2.38. The molecule has 1 saturated carbocycles. The monoisotopic (exact) mass is 219 g/mol. The lowest BCUT2D eigenvalue weighted by Crippen LogP contribution is -2.23. The van der Waals surface area contributed by atoms with Gasteiger partial charge in [0.05, 0.1) is 12.6 Å². The van der Waals surface area contributed by atoms with Crippen LogP contribution < -0.4 is 11.1 Å². The molecule has 0 spiro atoms. The number of nitrogens with one attached hydrogen (secondary N) is 1. The van der Waals surface area contributed by atoms with Gasteiger partial charge in [-0.2, -0.15) is 0 Å². The zero-order chi connectivity index (χ0) is 11.4. The van der Waals surface area contributed by atoms with E-state index in [9.17, 15) is 0 Å². The zero-order valence-corrected chi connectivity index (χ0v) is 9.44. The van der Waals surface area contributed by atoms with Crippen LogP contribution >= 0.6 is 0 Å². The van der Waals surface area contributed by atoms with Crippen molar-refractivity contribution in [2.45, 2.75) is 25.5 Å². The summed E-state index contributed by atoms with van der Waals surface area (Å²) in [5, 5.41) is 3.08. The van der Waals surface area contributed by atoms with Gasteiger partial charge in [-0.15, -0.1) is 0 Å². The Kier molecular flexibility index (Phi) is 3.41. The summed E-state index contributed by atoms with van der Waals surface area (Å²) in [4.78, 5) is 4.31. The van der Waals surface area contributed by atoms with Gasteiger partial charge < -0.3 is 15.8 Å². The molecule has 86 valence electrons. The topological polar surface area (TPSA) is 59.6 Å². The number of nitrogens with zero attached hydrogens (tertiary/aromatic N) is 1. The molecule has 0 unspecified atom stereocenters. The number of nitrogens with two attached hydrogens (primary N) is 1. The standard InChI is InChI=1S/C12H17N3O/c1-16-8-9-3-2-4-11(7-9)15-12(13)14-10-5-6-10/h2-4,7,10H,5-6,8H2,1H3,(H3,13,14,15). The molecule has 0 heterocycles. The van der Waals surface area contributed by atoms with E-state index in [1.807, 2.05) is 24.3 Å². The first-order chi connectivity index (χ1) is 7.78. The summed E-state index contributed by atoms with van der Waals surface area (Å²) in [7, 11) is 1.68. The molecular weight excluding hydrogens is 202 g/mol. The molecule has 0 atom stereocenters. The van der Waals surface area contributed by atoms with Crippen molar-refractivity contribution in [3.8, 4) is 0 Å². The molecule has 16 heavy (non-hydrogen) atoms. The van der Waals surface area contributed by atoms with Crippen LogP contribution in [0, 0.1) is 0 Å². The van der Waals surface area contributed by atoms with Gasteiger partial charge in [-0.3, -0.25) is 0 Å². The highest BCUT2D eigenvalue weighted by Crippen LogP contribution is 2.23. The number of hydrogen-bond acceptors (Lipinski definition) is 2. The van der Waals surface area contributed by atoms with Crippen molar-refractivity contribution in [2.75, 3.05) is 12.4 Å².